The third-order valence-electron chi connectivity index (χ3n) is 5.47. The van der Waals surface area contributed by atoms with E-state index in [0.717, 1.165) is 39.8 Å². The zero-order valence-corrected chi connectivity index (χ0v) is 18.2. The summed E-state index contributed by atoms with van der Waals surface area (Å²) in [6.45, 7) is 2.96. The van der Waals surface area contributed by atoms with Gasteiger partial charge in [-0.3, -0.25) is 0 Å². The number of carbonyl (C=O) groups is 1. The molecule has 0 aliphatic rings. The van der Waals surface area contributed by atoms with Gasteiger partial charge in [-0.1, -0.05) is 67.6 Å². The van der Waals surface area contributed by atoms with Crippen LogP contribution in [0.3, 0.4) is 0 Å². The average molecular weight is 430 g/mol. The molecule has 0 radical (unpaired) electrons. The maximum Gasteiger partial charge on any atom is 0.359 e. The molecule has 0 atom stereocenters. The van der Waals surface area contributed by atoms with Crippen LogP contribution in [0, 0.1) is 5.21 Å². The van der Waals surface area contributed by atoms with E-state index in [1.807, 2.05) is 36.4 Å². The highest BCUT2D eigenvalue weighted by Gasteiger charge is 2.18. The van der Waals surface area contributed by atoms with Crippen LogP contribution in [-0.2, 0) is 0 Å². The summed E-state index contributed by atoms with van der Waals surface area (Å²) in [4.78, 5) is 13.0. The molecule has 164 valence electrons. The summed E-state index contributed by atoms with van der Waals surface area (Å²) >= 11 is 0. The van der Waals surface area contributed by atoms with Crippen molar-refractivity contribution in [1.82, 2.24) is 9.90 Å². The van der Waals surface area contributed by atoms with E-state index in [1.165, 1.54) is 31.8 Å². The van der Waals surface area contributed by atoms with E-state index in [-0.39, 0.29) is 5.91 Å². The largest absolute Gasteiger partial charge is 0.691 e. The van der Waals surface area contributed by atoms with E-state index in [0.29, 0.717) is 15.9 Å². The number of aromatic nitrogens is 3. The first kappa shape index (κ1) is 21.6. The third-order valence-corrected chi connectivity index (χ3v) is 5.47. The molecular weight excluding hydrogens is 402 g/mol. The van der Waals surface area contributed by atoms with Crippen molar-refractivity contribution in [2.45, 2.75) is 39.0 Å². The van der Waals surface area contributed by atoms with Crippen LogP contribution in [0.15, 0.2) is 66.7 Å². The maximum atomic E-state index is 12.6. The molecule has 1 heterocycles. The third kappa shape index (κ3) is 4.97. The smallest absolute Gasteiger partial charge is 0.359 e. The van der Waals surface area contributed by atoms with E-state index in [2.05, 4.69) is 12.1 Å². The normalized spacial score (nSPS) is 11.5. The van der Waals surface area contributed by atoms with Gasteiger partial charge in [-0.2, -0.15) is 0 Å². The van der Waals surface area contributed by atoms with Crippen LogP contribution in [0.4, 0.5) is 0 Å². The second-order valence-corrected chi connectivity index (χ2v) is 7.87. The van der Waals surface area contributed by atoms with E-state index < -0.39 is 0 Å². The highest BCUT2D eigenvalue weighted by atomic mass is 16.5. The molecule has 3 aromatic carbocycles. The fraction of sp³-hybridized carbons (Fsp3) is 0.269. The highest BCUT2D eigenvalue weighted by Crippen LogP contribution is 2.23. The van der Waals surface area contributed by atoms with Gasteiger partial charge in [0.05, 0.1) is 6.61 Å². The predicted molar refractivity (Wildman–Crippen MR) is 127 cm³/mol. The van der Waals surface area contributed by atoms with Crippen LogP contribution >= 0.6 is 0 Å². The molecule has 0 unspecified atom stereocenters. The predicted octanol–water partition coefficient (Wildman–Crippen LogP) is 5.53. The summed E-state index contributed by atoms with van der Waals surface area (Å²) in [6.07, 6.45) is 9.24. The minimum atomic E-state index is -0.376. The van der Waals surface area contributed by atoms with Crippen molar-refractivity contribution in [3.05, 3.63) is 77.5 Å². The molecule has 0 saturated carbocycles. The van der Waals surface area contributed by atoms with Crippen molar-refractivity contribution in [3.8, 4) is 5.75 Å². The molecule has 32 heavy (non-hydrogen) atoms. The molecule has 0 saturated heterocycles. The van der Waals surface area contributed by atoms with Gasteiger partial charge in [-0.05, 0) is 59.2 Å². The van der Waals surface area contributed by atoms with Crippen LogP contribution in [0.1, 0.15) is 49.4 Å². The van der Waals surface area contributed by atoms with Crippen LogP contribution < -0.4 is 9.58 Å². The van der Waals surface area contributed by atoms with Gasteiger partial charge in [-0.25, -0.2) is 4.79 Å². The van der Waals surface area contributed by atoms with Crippen LogP contribution in [-0.4, -0.2) is 22.4 Å². The number of hydrogen-bond donors (Lipinski definition) is 0. The standard InChI is InChI=1S/C26H27N3O3/c1-2-3-4-5-8-17-32-23-15-14-21-18-20(11-13-22(21)19-23)12-16-26(30)28-24-9-6-7-10-25(24)29(31)27-28/h6-7,9-16,18-19H,2-5,8,17H2,1H3. The molecule has 0 fully saturated rings. The minimum absolute atomic E-state index is 0.360. The number of ether oxygens (including phenoxy) is 1. The lowest BCUT2D eigenvalue weighted by Gasteiger charge is -2.08. The Labute approximate surface area is 187 Å². The van der Waals surface area contributed by atoms with Gasteiger partial charge in [0, 0.05) is 6.08 Å². The van der Waals surface area contributed by atoms with Gasteiger partial charge in [-0.15, -0.1) is 4.85 Å². The topological polar surface area (TPSA) is 71.1 Å². The fourth-order valence-corrected chi connectivity index (χ4v) is 3.71. The molecule has 4 rings (SSSR count). The quantitative estimate of drug-likeness (QED) is 0.152. The van der Waals surface area contributed by atoms with Crippen molar-refractivity contribution >= 4 is 33.8 Å². The second-order valence-electron chi connectivity index (χ2n) is 7.87. The zero-order chi connectivity index (χ0) is 22.3. The van der Waals surface area contributed by atoms with E-state index >= 15 is 0 Å². The van der Waals surface area contributed by atoms with E-state index in [4.69, 9.17) is 4.74 Å². The Balaban J connectivity index is 1.42. The molecule has 0 amide bonds. The van der Waals surface area contributed by atoms with Gasteiger partial charge < -0.3 is 9.94 Å². The average Bonchev–Trinajstić information content (AvgIpc) is 3.16. The Bertz CT molecular complexity index is 1260. The Kier molecular flexibility index (Phi) is 6.80. The zero-order valence-electron chi connectivity index (χ0n) is 18.2. The monoisotopic (exact) mass is 429 g/mol. The lowest BCUT2D eigenvalue weighted by Crippen LogP contribution is -2.30. The summed E-state index contributed by atoms with van der Waals surface area (Å²) in [5.74, 6) is 0.501. The molecule has 1 aromatic heterocycles. The lowest BCUT2D eigenvalue weighted by atomic mass is 10.1. The van der Waals surface area contributed by atoms with Gasteiger partial charge in [0.15, 0.2) is 0 Å². The Morgan fingerprint density at radius 2 is 1.81 bits per heavy atom. The number of allylic oxidation sites excluding steroid dienone is 1. The Morgan fingerprint density at radius 1 is 1.03 bits per heavy atom. The molecule has 0 aliphatic carbocycles. The Hall–Kier alpha value is -3.67. The molecule has 0 spiro atoms. The first-order valence-corrected chi connectivity index (χ1v) is 11.1. The summed E-state index contributed by atoms with van der Waals surface area (Å²) in [7, 11) is 0. The maximum absolute atomic E-state index is 12.6. The van der Waals surface area contributed by atoms with Gasteiger partial charge in [0.1, 0.15) is 11.0 Å². The summed E-state index contributed by atoms with van der Waals surface area (Å²) in [6, 6.07) is 18.9. The molecule has 0 aliphatic heterocycles. The summed E-state index contributed by atoms with van der Waals surface area (Å²) in [5, 5.41) is 17.8. The van der Waals surface area contributed by atoms with Gasteiger partial charge in [0.2, 0.25) is 11.0 Å². The molecule has 6 nitrogen and oxygen atoms in total. The lowest BCUT2D eigenvalue weighted by molar-refractivity contribution is -0.645. The first-order chi connectivity index (χ1) is 15.7. The molecule has 6 heteroatoms. The summed E-state index contributed by atoms with van der Waals surface area (Å²) in [5.41, 5.74) is 1.73. The van der Waals surface area contributed by atoms with E-state index in [9.17, 15) is 10.0 Å². The summed E-state index contributed by atoms with van der Waals surface area (Å²) < 4.78 is 7.01. The SMILES string of the molecule is CCCCCCCOc1ccc2cc(C=CC(=O)n3n[n+]([O-])c4ccccc43)ccc2c1. The van der Waals surface area contributed by atoms with Gasteiger partial charge in [0.25, 0.3) is 0 Å². The number of nitrogens with zero attached hydrogens (tertiary/aromatic N) is 3. The van der Waals surface area contributed by atoms with Gasteiger partial charge >= 0.3 is 5.91 Å². The number of para-hydroxylation sites is 2. The minimum Gasteiger partial charge on any atom is -0.691 e. The number of carbonyl (C=O) groups excluding carboxylic acids is 1. The van der Waals surface area contributed by atoms with Crippen LogP contribution in [0.2, 0.25) is 0 Å². The van der Waals surface area contributed by atoms with Crippen molar-refractivity contribution in [2.24, 2.45) is 0 Å². The van der Waals surface area contributed by atoms with Crippen molar-refractivity contribution < 1.29 is 14.4 Å². The van der Waals surface area contributed by atoms with Crippen molar-refractivity contribution in [2.75, 3.05) is 6.61 Å². The molecule has 0 N–H and O–H groups in total. The number of benzene rings is 3. The van der Waals surface area contributed by atoms with E-state index in [1.54, 1.807) is 30.3 Å². The Morgan fingerprint density at radius 3 is 2.69 bits per heavy atom. The fourth-order valence-electron chi connectivity index (χ4n) is 3.71. The highest BCUT2D eigenvalue weighted by molar-refractivity contribution is 5.98. The first-order valence-electron chi connectivity index (χ1n) is 11.1. The number of rotatable bonds is 9. The van der Waals surface area contributed by atoms with Crippen molar-refractivity contribution in [1.29, 1.82) is 0 Å². The molecule has 4 aromatic rings. The number of hydrogen-bond acceptors (Lipinski definition) is 4. The molecular formula is C26H27N3O3. The number of fused-ring (bicyclic) bond motifs is 2. The van der Waals surface area contributed by atoms with Crippen molar-refractivity contribution in [3.63, 3.8) is 0 Å². The van der Waals surface area contributed by atoms with Crippen LogP contribution in [0.5, 0.6) is 5.75 Å². The second kappa shape index (κ2) is 10.1. The number of unbranched alkanes of at least 4 members (excludes halogenated alkanes) is 4. The van der Waals surface area contributed by atoms with Crippen LogP contribution in [0.25, 0.3) is 27.9 Å². The molecule has 0 bridgehead atoms.